The number of β-amino-alcohol motifs (C(OH)–C–C–N with tert-alkyl or cyclic N) is 1. The van der Waals surface area contributed by atoms with Crippen LogP contribution in [-0.4, -0.2) is 84.4 Å². The highest BCUT2D eigenvalue weighted by Crippen LogP contribution is 2.35. The van der Waals surface area contributed by atoms with Gasteiger partial charge in [-0.25, -0.2) is 0 Å². The van der Waals surface area contributed by atoms with Gasteiger partial charge in [-0.3, -0.25) is 9.69 Å². The Kier molecular flexibility index (Phi) is 7.90. The Morgan fingerprint density at radius 2 is 1.79 bits per heavy atom. The number of carbonyl (C=O) groups is 1. The number of carbonyl (C=O) groups excluding carboxylic acids is 1. The molecule has 184 valence electrons. The summed E-state index contributed by atoms with van der Waals surface area (Å²) >= 11 is 12.1. The van der Waals surface area contributed by atoms with Gasteiger partial charge in [-0.2, -0.15) is 0 Å². The average molecular weight is 507 g/mol. The van der Waals surface area contributed by atoms with Crippen molar-refractivity contribution in [3.05, 3.63) is 57.6 Å². The number of halogens is 2. The third-order valence-corrected chi connectivity index (χ3v) is 7.24. The maximum absolute atomic E-state index is 12.7. The van der Waals surface area contributed by atoms with Crippen LogP contribution >= 0.6 is 23.2 Å². The summed E-state index contributed by atoms with van der Waals surface area (Å²) in [7, 11) is 3.35. The van der Waals surface area contributed by atoms with Gasteiger partial charge in [0.25, 0.3) is 5.91 Å². The number of aliphatic hydroxyl groups excluding tert-OH is 1. The Morgan fingerprint density at radius 3 is 2.44 bits per heavy atom. The Morgan fingerprint density at radius 1 is 1.12 bits per heavy atom. The third-order valence-electron chi connectivity index (χ3n) is 6.69. The average Bonchev–Trinajstić information content (AvgIpc) is 3.17. The molecular weight excluding hydrogens is 475 g/mol. The molecule has 2 aromatic carbocycles. The minimum Gasteiger partial charge on any atom is -0.506 e. The molecule has 2 aliphatic heterocycles. The van der Waals surface area contributed by atoms with Crippen LogP contribution in [0.4, 0.5) is 5.69 Å². The van der Waals surface area contributed by atoms with Crippen LogP contribution in [0.15, 0.2) is 36.4 Å². The second-order valence-electron chi connectivity index (χ2n) is 9.44. The van der Waals surface area contributed by atoms with Crippen molar-refractivity contribution in [3.63, 3.8) is 0 Å². The number of hydrogen-bond acceptors (Lipinski definition) is 6. The Bertz CT molecular complexity index is 1010. The first-order chi connectivity index (χ1) is 16.2. The van der Waals surface area contributed by atoms with Gasteiger partial charge in [0.1, 0.15) is 5.75 Å². The van der Waals surface area contributed by atoms with E-state index in [1.165, 1.54) is 22.6 Å². The van der Waals surface area contributed by atoms with Gasteiger partial charge in [-0.1, -0.05) is 35.3 Å². The predicted octanol–water partition coefficient (Wildman–Crippen LogP) is 3.20. The van der Waals surface area contributed by atoms with Crippen LogP contribution in [0, 0.1) is 0 Å². The fraction of sp³-hybridized carbons (Fsp3) is 0.480. The van der Waals surface area contributed by atoms with E-state index >= 15 is 0 Å². The quantitative estimate of drug-likeness (QED) is 0.558. The lowest BCUT2D eigenvalue weighted by atomic mass is 10.0. The molecule has 2 fully saturated rings. The van der Waals surface area contributed by atoms with Crippen LogP contribution in [0.1, 0.15) is 28.8 Å². The van der Waals surface area contributed by atoms with Gasteiger partial charge < -0.3 is 25.3 Å². The first kappa shape index (κ1) is 25.1. The number of hydrogen-bond donors (Lipinski definition) is 3. The Balaban J connectivity index is 1.36. The summed E-state index contributed by atoms with van der Waals surface area (Å²) in [6.45, 7) is 3.80. The largest absolute Gasteiger partial charge is 0.506 e. The summed E-state index contributed by atoms with van der Waals surface area (Å²) < 4.78 is 0. The van der Waals surface area contributed by atoms with E-state index in [0.29, 0.717) is 30.4 Å². The maximum Gasteiger partial charge on any atom is 0.255 e. The molecule has 2 heterocycles. The number of aliphatic hydroxyl groups is 1. The van der Waals surface area contributed by atoms with Crippen LogP contribution in [0.3, 0.4) is 0 Å². The second kappa shape index (κ2) is 10.7. The molecule has 0 radical (unpaired) electrons. The van der Waals surface area contributed by atoms with Crippen molar-refractivity contribution < 1.29 is 15.0 Å². The smallest absolute Gasteiger partial charge is 0.255 e. The molecule has 2 aliphatic rings. The molecule has 3 N–H and O–H groups in total. The highest BCUT2D eigenvalue weighted by atomic mass is 35.5. The van der Waals surface area contributed by atoms with Gasteiger partial charge in [0.05, 0.1) is 28.4 Å². The molecule has 34 heavy (non-hydrogen) atoms. The molecule has 0 bridgehead atoms. The SMILES string of the molecule is CN(C)C(=O)c1cc(Cl)c(O)cc1N1C[C@@H](O)[C@H](NC2CCN(Cc3ccc(Cl)cc3)CC2)C1. The number of benzene rings is 2. The minimum atomic E-state index is -0.577. The summed E-state index contributed by atoms with van der Waals surface area (Å²) in [5.74, 6) is -0.276. The molecule has 0 unspecified atom stereocenters. The van der Waals surface area contributed by atoms with E-state index in [4.69, 9.17) is 23.2 Å². The Labute approximate surface area is 210 Å². The molecule has 9 heteroatoms. The molecule has 2 aromatic rings. The van der Waals surface area contributed by atoms with E-state index in [0.717, 1.165) is 37.5 Å². The number of aromatic hydroxyl groups is 1. The zero-order valence-electron chi connectivity index (χ0n) is 19.5. The first-order valence-electron chi connectivity index (χ1n) is 11.6. The monoisotopic (exact) mass is 506 g/mol. The predicted molar refractivity (Wildman–Crippen MR) is 136 cm³/mol. The molecule has 0 saturated carbocycles. The number of likely N-dealkylation sites (tertiary alicyclic amines) is 1. The van der Waals surface area contributed by atoms with E-state index in [1.807, 2.05) is 17.0 Å². The number of amides is 1. The summed E-state index contributed by atoms with van der Waals surface area (Å²) in [4.78, 5) is 18.6. The standard InChI is InChI=1S/C25H32Cl2N4O3/c1-29(2)25(34)19-11-20(27)23(32)12-22(19)31-14-21(24(33)15-31)28-18-7-9-30(10-8-18)13-16-3-5-17(26)6-4-16/h3-6,11-12,18,21,24,28,32-33H,7-10,13-15H2,1-2H3/t21-,24-/m1/s1. The highest BCUT2D eigenvalue weighted by molar-refractivity contribution is 6.32. The number of phenols is 1. The van der Waals surface area contributed by atoms with Crippen molar-refractivity contribution in [2.45, 2.75) is 37.6 Å². The van der Waals surface area contributed by atoms with Crippen molar-refractivity contribution in [1.29, 1.82) is 0 Å². The van der Waals surface area contributed by atoms with Crippen molar-refractivity contribution in [3.8, 4) is 5.75 Å². The van der Waals surface area contributed by atoms with Gasteiger partial charge >= 0.3 is 0 Å². The number of rotatable bonds is 6. The van der Waals surface area contributed by atoms with Crippen LogP contribution in [0.5, 0.6) is 5.75 Å². The second-order valence-corrected chi connectivity index (χ2v) is 10.3. The van der Waals surface area contributed by atoms with E-state index in [9.17, 15) is 15.0 Å². The van der Waals surface area contributed by atoms with Gasteiger partial charge in [-0.05, 0) is 49.7 Å². The molecule has 0 aromatic heterocycles. The first-order valence-corrected chi connectivity index (χ1v) is 12.4. The normalized spacial score (nSPS) is 21.7. The topological polar surface area (TPSA) is 79.3 Å². The summed E-state index contributed by atoms with van der Waals surface area (Å²) in [6.07, 6.45) is 1.43. The van der Waals surface area contributed by atoms with Crippen LogP contribution in [-0.2, 0) is 6.54 Å². The summed E-state index contributed by atoms with van der Waals surface area (Å²) in [5.41, 5.74) is 2.25. The molecule has 0 spiro atoms. The zero-order valence-corrected chi connectivity index (χ0v) is 21.1. The molecule has 2 saturated heterocycles. The lowest BCUT2D eigenvalue weighted by molar-refractivity contribution is 0.0828. The molecule has 1 amide bonds. The van der Waals surface area contributed by atoms with Gasteiger partial charge in [-0.15, -0.1) is 0 Å². The van der Waals surface area contributed by atoms with Crippen molar-refractivity contribution in [2.75, 3.05) is 45.2 Å². The number of phenolic OH excluding ortho intramolecular Hbond substituents is 1. The molecule has 7 nitrogen and oxygen atoms in total. The fourth-order valence-electron chi connectivity index (χ4n) is 4.78. The summed E-state index contributed by atoms with van der Waals surface area (Å²) in [6, 6.07) is 11.2. The number of nitrogens with zero attached hydrogens (tertiary/aromatic N) is 3. The van der Waals surface area contributed by atoms with Gasteiger partial charge in [0, 0.05) is 50.9 Å². The highest BCUT2D eigenvalue weighted by Gasteiger charge is 2.35. The van der Waals surface area contributed by atoms with Crippen LogP contribution in [0.25, 0.3) is 0 Å². The van der Waals surface area contributed by atoms with E-state index in [2.05, 4.69) is 22.3 Å². The maximum atomic E-state index is 12.7. The fourth-order valence-corrected chi connectivity index (χ4v) is 5.07. The number of anilines is 1. The van der Waals surface area contributed by atoms with Crippen molar-refractivity contribution in [2.24, 2.45) is 0 Å². The van der Waals surface area contributed by atoms with Crippen LogP contribution in [0.2, 0.25) is 10.0 Å². The molecule has 2 atom stereocenters. The van der Waals surface area contributed by atoms with E-state index in [-0.39, 0.29) is 22.7 Å². The molecular formula is C25H32Cl2N4O3. The number of piperidine rings is 1. The molecule has 4 rings (SSSR count). The van der Waals surface area contributed by atoms with Gasteiger partial charge in [0.2, 0.25) is 0 Å². The van der Waals surface area contributed by atoms with Crippen LogP contribution < -0.4 is 10.2 Å². The minimum absolute atomic E-state index is 0.0778. The van der Waals surface area contributed by atoms with Crippen molar-refractivity contribution >= 4 is 34.8 Å². The lowest BCUT2D eigenvalue weighted by Gasteiger charge is -2.34. The summed E-state index contributed by atoms with van der Waals surface area (Å²) in [5, 5.41) is 25.5. The zero-order chi connectivity index (χ0) is 24.4. The Hall–Kier alpha value is -2.03. The van der Waals surface area contributed by atoms with E-state index < -0.39 is 6.10 Å². The van der Waals surface area contributed by atoms with E-state index in [1.54, 1.807) is 14.1 Å². The van der Waals surface area contributed by atoms with Crippen molar-refractivity contribution in [1.82, 2.24) is 15.1 Å². The molecule has 0 aliphatic carbocycles. The third kappa shape index (κ3) is 5.78. The number of nitrogens with one attached hydrogen (secondary N) is 1. The lowest BCUT2D eigenvalue weighted by Crippen LogP contribution is -2.49. The van der Waals surface area contributed by atoms with Gasteiger partial charge in [0.15, 0.2) is 0 Å².